The minimum Gasteiger partial charge on any atom is -0.394 e. The maximum absolute atomic E-state index is 5.56. The minimum absolute atomic E-state index is 0.244. The fourth-order valence-corrected chi connectivity index (χ4v) is 1.92. The molecule has 7 heteroatoms. The summed E-state index contributed by atoms with van der Waals surface area (Å²) in [6, 6.07) is 9.90. The van der Waals surface area contributed by atoms with Crippen molar-refractivity contribution in [2.45, 2.75) is 0 Å². The smallest absolute Gasteiger partial charge is 0.343 e. The van der Waals surface area contributed by atoms with Crippen molar-refractivity contribution in [3.05, 3.63) is 42.9 Å². The van der Waals surface area contributed by atoms with Gasteiger partial charge in [0.15, 0.2) is 0 Å². The molecule has 3 rings (SSSR count). The number of anilines is 1. The highest BCUT2D eigenvalue weighted by molar-refractivity contribution is 7.17. The molecular formula is C11H9N5OS. The van der Waals surface area contributed by atoms with E-state index in [-0.39, 0.29) is 6.01 Å². The highest BCUT2D eigenvalue weighted by Gasteiger charge is 2.07. The van der Waals surface area contributed by atoms with Crippen molar-refractivity contribution < 1.29 is 4.74 Å². The highest BCUT2D eigenvalue weighted by atomic mass is 32.1. The molecule has 2 heterocycles. The third-order valence-electron chi connectivity index (χ3n) is 2.17. The van der Waals surface area contributed by atoms with Crippen molar-refractivity contribution in [3.8, 4) is 16.9 Å². The maximum Gasteiger partial charge on any atom is 0.343 e. The molecule has 3 aromatic rings. The topological polar surface area (TPSA) is 78.9 Å². The molecule has 0 aliphatic carbocycles. The quantitative estimate of drug-likeness (QED) is 0.779. The lowest BCUT2D eigenvalue weighted by Crippen LogP contribution is -1.94. The van der Waals surface area contributed by atoms with E-state index in [0.717, 1.165) is 5.69 Å². The third-order valence-corrected chi connectivity index (χ3v) is 2.88. The van der Waals surface area contributed by atoms with E-state index in [2.05, 4.69) is 15.1 Å². The number of para-hydroxylation sites is 1. The van der Waals surface area contributed by atoms with Gasteiger partial charge in [-0.05, 0) is 12.1 Å². The Balaban J connectivity index is 1.82. The van der Waals surface area contributed by atoms with Gasteiger partial charge in [-0.1, -0.05) is 29.5 Å². The molecule has 0 aliphatic rings. The molecule has 0 amide bonds. The van der Waals surface area contributed by atoms with E-state index in [1.54, 1.807) is 11.0 Å². The van der Waals surface area contributed by atoms with Crippen LogP contribution in [-0.2, 0) is 0 Å². The summed E-state index contributed by atoms with van der Waals surface area (Å²) in [6.07, 6.45) is 3.12. The lowest BCUT2D eigenvalue weighted by molar-refractivity contribution is 0.438. The molecular weight excluding hydrogens is 250 g/mol. The SMILES string of the molecule is Nc1cnc(Oc2ncn(-c3ccccc3)n2)s1. The summed E-state index contributed by atoms with van der Waals surface area (Å²) in [5.41, 5.74) is 6.47. The molecule has 0 unspecified atom stereocenters. The van der Waals surface area contributed by atoms with Crippen molar-refractivity contribution in [2.24, 2.45) is 0 Å². The predicted octanol–water partition coefficient (Wildman–Crippen LogP) is 2.10. The molecule has 1 aromatic carbocycles. The number of benzene rings is 1. The molecule has 18 heavy (non-hydrogen) atoms. The third kappa shape index (κ3) is 2.16. The first-order chi connectivity index (χ1) is 8.81. The van der Waals surface area contributed by atoms with Crippen LogP contribution in [0.4, 0.5) is 5.00 Å². The molecule has 0 atom stereocenters. The van der Waals surface area contributed by atoms with Gasteiger partial charge in [-0.25, -0.2) is 9.67 Å². The Morgan fingerprint density at radius 2 is 2.00 bits per heavy atom. The molecule has 2 N–H and O–H groups in total. The normalized spacial score (nSPS) is 10.4. The molecule has 0 saturated heterocycles. The molecule has 0 radical (unpaired) electrons. The first-order valence-corrected chi connectivity index (χ1v) is 5.99. The lowest BCUT2D eigenvalue weighted by Gasteiger charge is -1.97. The van der Waals surface area contributed by atoms with Crippen LogP contribution in [0.5, 0.6) is 11.2 Å². The largest absolute Gasteiger partial charge is 0.394 e. The number of rotatable bonds is 3. The van der Waals surface area contributed by atoms with Crippen LogP contribution >= 0.6 is 11.3 Å². The van der Waals surface area contributed by atoms with Gasteiger partial charge >= 0.3 is 6.01 Å². The highest BCUT2D eigenvalue weighted by Crippen LogP contribution is 2.25. The second-order valence-corrected chi connectivity index (χ2v) is 4.46. The first kappa shape index (κ1) is 10.7. The van der Waals surface area contributed by atoms with Crippen LogP contribution in [0.2, 0.25) is 0 Å². The lowest BCUT2D eigenvalue weighted by atomic mass is 10.3. The Labute approximate surface area is 107 Å². The summed E-state index contributed by atoms with van der Waals surface area (Å²) in [5.74, 6) is 0. The summed E-state index contributed by atoms with van der Waals surface area (Å²) in [4.78, 5) is 8.03. The van der Waals surface area contributed by atoms with Gasteiger partial charge in [-0.15, -0.1) is 5.10 Å². The Kier molecular flexibility index (Phi) is 2.66. The van der Waals surface area contributed by atoms with Crippen molar-refractivity contribution in [3.63, 3.8) is 0 Å². The van der Waals surface area contributed by atoms with E-state index in [9.17, 15) is 0 Å². The average molecular weight is 259 g/mol. The summed E-state index contributed by atoms with van der Waals surface area (Å²) in [6.45, 7) is 0. The molecule has 90 valence electrons. The molecule has 6 nitrogen and oxygen atoms in total. The number of nitrogen functional groups attached to an aromatic ring is 1. The van der Waals surface area contributed by atoms with E-state index in [0.29, 0.717) is 10.2 Å². The zero-order chi connectivity index (χ0) is 12.4. The van der Waals surface area contributed by atoms with Crippen molar-refractivity contribution >= 4 is 16.3 Å². The molecule has 0 bridgehead atoms. The van der Waals surface area contributed by atoms with E-state index < -0.39 is 0 Å². The molecule has 0 spiro atoms. The van der Waals surface area contributed by atoms with Crippen molar-refractivity contribution in [2.75, 3.05) is 5.73 Å². The van der Waals surface area contributed by atoms with Crippen LogP contribution in [0, 0.1) is 0 Å². The van der Waals surface area contributed by atoms with Gasteiger partial charge in [-0.3, -0.25) is 0 Å². The average Bonchev–Trinajstić information content (AvgIpc) is 3.01. The Morgan fingerprint density at radius 3 is 2.72 bits per heavy atom. The van der Waals surface area contributed by atoms with Crippen LogP contribution in [0.1, 0.15) is 0 Å². The minimum atomic E-state index is 0.244. The van der Waals surface area contributed by atoms with Crippen LogP contribution < -0.4 is 10.5 Å². The zero-order valence-electron chi connectivity index (χ0n) is 9.22. The monoisotopic (exact) mass is 259 g/mol. The van der Waals surface area contributed by atoms with Crippen LogP contribution in [0.15, 0.2) is 42.9 Å². The summed E-state index contributed by atoms with van der Waals surface area (Å²) in [5, 5.41) is 5.21. The first-order valence-electron chi connectivity index (χ1n) is 5.17. The second kappa shape index (κ2) is 4.46. The van der Waals surface area contributed by atoms with E-state index in [1.165, 1.54) is 17.5 Å². The fourth-order valence-electron chi connectivity index (χ4n) is 1.39. The number of thiazole rings is 1. The van der Waals surface area contributed by atoms with Crippen molar-refractivity contribution in [1.82, 2.24) is 19.7 Å². The number of nitrogens with zero attached hydrogens (tertiary/aromatic N) is 4. The van der Waals surface area contributed by atoms with Gasteiger partial charge in [0.1, 0.15) is 11.3 Å². The Morgan fingerprint density at radius 1 is 1.17 bits per heavy atom. The summed E-state index contributed by atoms with van der Waals surface area (Å²) in [7, 11) is 0. The van der Waals surface area contributed by atoms with E-state index in [1.807, 2.05) is 30.3 Å². The second-order valence-electron chi connectivity index (χ2n) is 3.44. The van der Waals surface area contributed by atoms with E-state index in [4.69, 9.17) is 10.5 Å². The number of hydrogen-bond donors (Lipinski definition) is 1. The van der Waals surface area contributed by atoms with Crippen LogP contribution in [0.25, 0.3) is 5.69 Å². The van der Waals surface area contributed by atoms with E-state index >= 15 is 0 Å². The number of nitrogens with two attached hydrogens (primary N) is 1. The maximum atomic E-state index is 5.56. The summed E-state index contributed by atoms with van der Waals surface area (Å²) >= 11 is 1.24. The molecule has 0 fully saturated rings. The van der Waals surface area contributed by atoms with Gasteiger partial charge in [0.2, 0.25) is 0 Å². The number of hydrogen-bond acceptors (Lipinski definition) is 6. The van der Waals surface area contributed by atoms with Crippen molar-refractivity contribution in [1.29, 1.82) is 0 Å². The van der Waals surface area contributed by atoms with Gasteiger partial charge in [0.05, 0.1) is 11.9 Å². The standard InChI is InChI=1S/C11H9N5OS/c12-9-6-13-11(18-9)17-10-14-7-16(15-10)8-4-2-1-3-5-8/h1-7H,12H2. The summed E-state index contributed by atoms with van der Waals surface area (Å²) < 4.78 is 7.02. The molecule has 0 aliphatic heterocycles. The zero-order valence-corrected chi connectivity index (χ0v) is 10.0. The number of aromatic nitrogens is 4. The van der Waals surface area contributed by atoms with Gasteiger partial charge in [0, 0.05) is 0 Å². The van der Waals surface area contributed by atoms with Gasteiger partial charge in [0.25, 0.3) is 5.19 Å². The van der Waals surface area contributed by atoms with Gasteiger partial charge < -0.3 is 10.5 Å². The predicted molar refractivity (Wildman–Crippen MR) is 68.0 cm³/mol. The Bertz CT molecular complexity index is 648. The van der Waals surface area contributed by atoms with Crippen LogP contribution in [0.3, 0.4) is 0 Å². The molecule has 0 saturated carbocycles. The fraction of sp³-hybridized carbons (Fsp3) is 0. The molecule has 2 aromatic heterocycles. The van der Waals surface area contributed by atoms with Crippen LogP contribution in [-0.4, -0.2) is 19.7 Å². The Hall–Kier alpha value is -2.41. The number of ether oxygens (including phenoxy) is 1. The van der Waals surface area contributed by atoms with Gasteiger partial charge in [-0.2, -0.15) is 4.98 Å².